The highest BCUT2D eigenvalue weighted by atomic mass is 32.2. The molecular formula is C24H30FN3O6S. The van der Waals surface area contributed by atoms with Gasteiger partial charge in [-0.3, -0.25) is 10.2 Å². The van der Waals surface area contributed by atoms with E-state index in [9.17, 15) is 22.7 Å². The van der Waals surface area contributed by atoms with E-state index in [1.165, 1.54) is 61.7 Å². The topological polar surface area (TPSA) is 131 Å². The van der Waals surface area contributed by atoms with Gasteiger partial charge in [0.25, 0.3) is 10.0 Å². The van der Waals surface area contributed by atoms with Crippen molar-refractivity contribution in [3.63, 3.8) is 0 Å². The average molecular weight is 508 g/mol. The number of aliphatic hydroxyl groups excluding tert-OH is 1. The van der Waals surface area contributed by atoms with Crippen LogP contribution in [0.1, 0.15) is 18.4 Å². The predicted octanol–water partition coefficient (Wildman–Crippen LogP) is 2.07. The fraction of sp³-hybridized carbons (Fsp3) is 0.292. The Morgan fingerprint density at radius 2 is 1.97 bits per heavy atom. The molecule has 2 aromatic rings. The summed E-state index contributed by atoms with van der Waals surface area (Å²) in [5, 5.41) is 9.84. The quantitative estimate of drug-likeness (QED) is 0.215. The number of hydrogen-bond donors (Lipinski definition) is 3. The monoisotopic (exact) mass is 507 g/mol. The standard InChI is InChI=1S/C24H30FN3O6S/c1-4-6-21(14-26)34-22(16-29)15-28(35(31,32)23-8-5-7-20(13-23)33-3)27-24(30)17(2)18-9-11-19(25)12-10-18/h4-13,17,22,29H,1,14-16,26H2,2-3H3,(H,27,30)/b21-6+/t17-,22+/m0/s1. The maximum Gasteiger partial charge on any atom is 0.260 e. The number of methoxy groups -OCH3 is 1. The van der Waals surface area contributed by atoms with Gasteiger partial charge in [-0.15, -0.1) is 4.41 Å². The number of aliphatic hydroxyl groups is 1. The van der Waals surface area contributed by atoms with Crippen LogP contribution in [0.25, 0.3) is 0 Å². The number of sulfonamides is 1. The van der Waals surface area contributed by atoms with Gasteiger partial charge in [-0.2, -0.15) is 0 Å². The van der Waals surface area contributed by atoms with Crippen LogP contribution in [-0.4, -0.2) is 56.8 Å². The van der Waals surface area contributed by atoms with E-state index in [4.69, 9.17) is 15.2 Å². The van der Waals surface area contributed by atoms with Crippen molar-refractivity contribution < 1.29 is 32.2 Å². The van der Waals surface area contributed by atoms with Gasteiger partial charge < -0.3 is 20.3 Å². The van der Waals surface area contributed by atoms with Crippen LogP contribution in [0.15, 0.2) is 77.9 Å². The highest BCUT2D eigenvalue weighted by Gasteiger charge is 2.31. The summed E-state index contributed by atoms with van der Waals surface area (Å²) in [5.41, 5.74) is 8.52. The van der Waals surface area contributed by atoms with E-state index in [1.54, 1.807) is 13.0 Å². The maximum atomic E-state index is 13.5. The van der Waals surface area contributed by atoms with Gasteiger partial charge in [-0.05, 0) is 42.8 Å². The van der Waals surface area contributed by atoms with E-state index in [2.05, 4.69) is 12.0 Å². The smallest absolute Gasteiger partial charge is 0.260 e. The van der Waals surface area contributed by atoms with Crippen molar-refractivity contribution in [2.75, 3.05) is 26.8 Å². The van der Waals surface area contributed by atoms with Gasteiger partial charge in [0.2, 0.25) is 5.91 Å². The maximum absolute atomic E-state index is 13.5. The number of rotatable bonds is 13. The van der Waals surface area contributed by atoms with Gasteiger partial charge in [0.05, 0.1) is 37.6 Å². The summed E-state index contributed by atoms with van der Waals surface area (Å²) in [4.78, 5) is 12.9. The largest absolute Gasteiger partial charge is 0.497 e. The first kappa shape index (κ1) is 28.0. The minimum atomic E-state index is -4.31. The minimum Gasteiger partial charge on any atom is -0.497 e. The Kier molecular flexibility index (Phi) is 10.4. The number of halogens is 1. The third-order valence-electron chi connectivity index (χ3n) is 5.02. The molecule has 0 saturated carbocycles. The molecule has 0 aliphatic heterocycles. The van der Waals surface area contributed by atoms with Crippen LogP contribution in [0.4, 0.5) is 4.39 Å². The Hall–Kier alpha value is -3.25. The Bertz CT molecular complexity index is 1140. The van der Waals surface area contributed by atoms with Crippen LogP contribution in [0.5, 0.6) is 5.75 Å². The Morgan fingerprint density at radius 3 is 2.54 bits per heavy atom. The average Bonchev–Trinajstić information content (AvgIpc) is 2.87. The second-order valence-corrected chi connectivity index (χ2v) is 9.32. The van der Waals surface area contributed by atoms with Crippen molar-refractivity contribution in [1.29, 1.82) is 0 Å². The highest BCUT2D eigenvalue weighted by molar-refractivity contribution is 7.89. The van der Waals surface area contributed by atoms with Gasteiger partial charge in [-0.1, -0.05) is 30.9 Å². The zero-order valence-corrected chi connectivity index (χ0v) is 20.4. The molecule has 0 bridgehead atoms. The van der Waals surface area contributed by atoms with E-state index < -0.39 is 46.9 Å². The summed E-state index contributed by atoms with van der Waals surface area (Å²) in [7, 11) is -2.92. The SMILES string of the molecule is C=C/C=C(\CN)O[C@@H](CO)CN(NC(=O)[C@@H](C)c1ccc(F)cc1)S(=O)(=O)c1cccc(OC)c1. The van der Waals surface area contributed by atoms with E-state index in [1.807, 2.05) is 0 Å². The molecule has 0 saturated heterocycles. The molecule has 11 heteroatoms. The van der Waals surface area contributed by atoms with Crippen molar-refractivity contribution in [1.82, 2.24) is 9.84 Å². The molecule has 2 rings (SSSR count). The van der Waals surface area contributed by atoms with Gasteiger partial charge in [0.1, 0.15) is 23.4 Å². The zero-order chi connectivity index (χ0) is 26.0. The van der Waals surface area contributed by atoms with Crippen molar-refractivity contribution in [3.8, 4) is 5.75 Å². The molecular weight excluding hydrogens is 477 g/mol. The molecule has 4 N–H and O–H groups in total. The van der Waals surface area contributed by atoms with Crippen LogP contribution in [0.2, 0.25) is 0 Å². The fourth-order valence-electron chi connectivity index (χ4n) is 3.03. The van der Waals surface area contributed by atoms with Crippen molar-refractivity contribution in [3.05, 3.63) is 84.4 Å². The zero-order valence-electron chi connectivity index (χ0n) is 19.6. The number of carbonyl (C=O) groups is 1. The second kappa shape index (κ2) is 13.0. The molecule has 9 nitrogen and oxygen atoms in total. The first-order chi connectivity index (χ1) is 16.7. The van der Waals surface area contributed by atoms with Gasteiger partial charge in [-0.25, -0.2) is 12.8 Å². The number of hydrogen-bond acceptors (Lipinski definition) is 7. The molecule has 0 aliphatic carbocycles. The van der Waals surface area contributed by atoms with E-state index in [-0.39, 0.29) is 17.2 Å². The number of nitrogens with two attached hydrogens (primary N) is 1. The summed E-state index contributed by atoms with van der Waals surface area (Å²) >= 11 is 0. The molecule has 0 aromatic heterocycles. The van der Waals surface area contributed by atoms with Gasteiger partial charge in [0, 0.05) is 6.07 Å². The number of amides is 1. The van der Waals surface area contributed by atoms with E-state index in [0.29, 0.717) is 15.7 Å². The molecule has 0 heterocycles. The minimum absolute atomic E-state index is 0.0148. The molecule has 2 atom stereocenters. The molecule has 0 spiro atoms. The normalized spacial score (nSPS) is 13.7. The number of benzene rings is 2. The first-order valence-electron chi connectivity index (χ1n) is 10.7. The summed E-state index contributed by atoms with van der Waals surface area (Å²) in [5.74, 6) is -1.38. The second-order valence-electron chi connectivity index (χ2n) is 7.46. The molecule has 190 valence electrons. The van der Waals surface area contributed by atoms with Crippen LogP contribution < -0.4 is 15.9 Å². The number of allylic oxidation sites excluding steroid dienone is 2. The molecule has 2 aromatic carbocycles. The first-order valence-corrected chi connectivity index (χ1v) is 12.1. The molecule has 1 amide bonds. The van der Waals surface area contributed by atoms with Crippen LogP contribution in [0, 0.1) is 5.82 Å². The molecule has 0 fully saturated rings. The number of nitrogens with zero attached hydrogens (tertiary/aromatic N) is 1. The number of ether oxygens (including phenoxy) is 2. The third-order valence-corrected chi connectivity index (χ3v) is 6.69. The van der Waals surface area contributed by atoms with Crippen molar-refractivity contribution >= 4 is 15.9 Å². The van der Waals surface area contributed by atoms with E-state index in [0.717, 1.165) is 0 Å². The van der Waals surface area contributed by atoms with Crippen LogP contribution in [-0.2, 0) is 19.6 Å². The lowest BCUT2D eigenvalue weighted by Crippen LogP contribution is -2.51. The Labute approximate surface area is 204 Å². The molecule has 0 radical (unpaired) electrons. The van der Waals surface area contributed by atoms with E-state index >= 15 is 0 Å². The third kappa shape index (κ3) is 7.62. The summed E-state index contributed by atoms with van der Waals surface area (Å²) in [6, 6.07) is 11.0. The van der Waals surface area contributed by atoms with Gasteiger partial charge in [0.15, 0.2) is 0 Å². The van der Waals surface area contributed by atoms with Gasteiger partial charge >= 0.3 is 0 Å². The Morgan fingerprint density at radius 1 is 1.29 bits per heavy atom. The number of carbonyl (C=O) groups excluding carboxylic acids is 1. The summed E-state index contributed by atoms with van der Waals surface area (Å²) in [6.07, 6.45) is 1.86. The van der Waals surface area contributed by atoms with Crippen molar-refractivity contribution in [2.24, 2.45) is 5.73 Å². The molecule has 0 unspecified atom stereocenters. The highest BCUT2D eigenvalue weighted by Crippen LogP contribution is 2.22. The summed E-state index contributed by atoms with van der Waals surface area (Å²) < 4.78 is 51.7. The number of nitrogens with one attached hydrogen (secondary N) is 1. The van der Waals surface area contributed by atoms with Crippen LogP contribution in [0.3, 0.4) is 0 Å². The summed E-state index contributed by atoms with van der Waals surface area (Å²) in [6.45, 7) is 4.09. The van der Waals surface area contributed by atoms with Crippen LogP contribution >= 0.6 is 0 Å². The lowest BCUT2D eigenvalue weighted by Gasteiger charge is -2.28. The number of hydrazine groups is 1. The lowest BCUT2D eigenvalue weighted by atomic mass is 10.0. The van der Waals surface area contributed by atoms with Crippen molar-refractivity contribution in [2.45, 2.75) is 23.8 Å². The fourth-order valence-corrected chi connectivity index (χ4v) is 4.38. The Balaban J connectivity index is 2.40. The molecule has 35 heavy (non-hydrogen) atoms. The predicted molar refractivity (Wildman–Crippen MR) is 129 cm³/mol. The lowest BCUT2D eigenvalue weighted by molar-refractivity contribution is -0.125. The molecule has 0 aliphatic rings.